The largest absolute Gasteiger partial charge is 0.497 e. The van der Waals surface area contributed by atoms with Crippen LogP contribution in [0.1, 0.15) is 29.5 Å². The minimum absolute atomic E-state index is 0.00844. The van der Waals surface area contributed by atoms with E-state index in [2.05, 4.69) is 15.2 Å². The second kappa shape index (κ2) is 10.3. The summed E-state index contributed by atoms with van der Waals surface area (Å²) in [6.45, 7) is 3.18. The maximum absolute atomic E-state index is 13.0. The van der Waals surface area contributed by atoms with Crippen LogP contribution in [0.4, 0.5) is 5.69 Å². The number of carbonyl (C=O) groups is 1. The molecule has 0 fully saturated rings. The number of hydrogen-bond acceptors (Lipinski definition) is 7. The van der Waals surface area contributed by atoms with Gasteiger partial charge >= 0.3 is 0 Å². The highest BCUT2D eigenvalue weighted by molar-refractivity contribution is 7.89. The van der Waals surface area contributed by atoms with Crippen LogP contribution in [0, 0.1) is 6.92 Å². The molecule has 0 bridgehead atoms. The van der Waals surface area contributed by atoms with E-state index in [0.29, 0.717) is 28.5 Å². The van der Waals surface area contributed by atoms with Crippen LogP contribution in [0.25, 0.3) is 12.2 Å². The highest BCUT2D eigenvalue weighted by atomic mass is 32.2. The molecule has 0 spiro atoms. The SMILES string of the molecule is COc1cccc(CNS(=O)(=O)c2cc(C=Cc3onc(C)c3NC(C)=O)ccc2OC)c1. The Kier molecular flexibility index (Phi) is 7.52. The molecule has 1 heterocycles. The van der Waals surface area contributed by atoms with E-state index < -0.39 is 10.0 Å². The van der Waals surface area contributed by atoms with Crippen molar-refractivity contribution in [1.29, 1.82) is 0 Å². The third-order valence-corrected chi connectivity index (χ3v) is 6.12. The number of carbonyl (C=O) groups excluding carboxylic acids is 1. The third kappa shape index (κ3) is 5.99. The molecule has 0 radical (unpaired) electrons. The molecule has 33 heavy (non-hydrogen) atoms. The number of nitrogens with zero attached hydrogens (tertiary/aromatic N) is 1. The number of nitrogens with one attached hydrogen (secondary N) is 2. The van der Waals surface area contributed by atoms with E-state index in [1.54, 1.807) is 62.6 Å². The molecule has 2 N–H and O–H groups in total. The van der Waals surface area contributed by atoms with Crippen molar-refractivity contribution < 1.29 is 27.2 Å². The molecule has 0 aliphatic heterocycles. The standard InChI is InChI=1S/C23H25N3O6S/c1-15-23(25-16(2)27)21(32-26-15)11-9-17-8-10-20(31-4)22(13-17)33(28,29)24-14-18-6-5-7-19(12-18)30-3/h5-13,24H,14H2,1-4H3,(H,25,27). The van der Waals surface area contributed by atoms with E-state index >= 15 is 0 Å². The molecule has 0 aliphatic carbocycles. The number of ether oxygens (including phenoxy) is 2. The normalized spacial score (nSPS) is 11.5. The highest BCUT2D eigenvalue weighted by Gasteiger charge is 2.20. The molecule has 0 saturated heterocycles. The van der Waals surface area contributed by atoms with Gasteiger partial charge in [0.1, 0.15) is 27.8 Å². The van der Waals surface area contributed by atoms with Gasteiger partial charge in [-0.25, -0.2) is 13.1 Å². The molecule has 1 amide bonds. The van der Waals surface area contributed by atoms with E-state index in [-0.39, 0.29) is 23.1 Å². The molecular weight excluding hydrogens is 446 g/mol. The molecular formula is C23H25N3O6S. The molecule has 1 aromatic heterocycles. The average Bonchev–Trinajstić information content (AvgIpc) is 3.15. The van der Waals surface area contributed by atoms with Gasteiger partial charge in [-0.15, -0.1) is 0 Å². The van der Waals surface area contributed by atoms with Crippen LogP contribution in [0.3, 0.4) is 0 Å². The van der Waals surface area contributed by atoms with Crippen molar-refractivity contribution in [1.82, 2.24) is 9.88 Å². The maximum atomic E-state index is 13.0. The van der Waals surface area contributed by atoms with E-state index in [0.717, 1.165) is 5.56 Å². The summed E-state index contributed by atoms with van der Waals surface area (Å²) in [6.07, 6.45) is 3.26. The Morgan fingerprint density at radius 3 is 2.61 bits per heavy atom. The molecule has 9 nitrogen and oxygen atoms in total. The summed E-state index contributed by atoms with van der Waals surface area (Å²) in [4.78, 5) is 11.4. The van der Waals surface area contributed by atoms with Crippen molar-refractivity contribution in [2.24, 2.45) is 0 Å². The van der Waals surface area contributed by atoms with Gasteiger partial charge in [-0.3, -0.25) is 4.79 Å². The minimum Gasteiger partial charge on any atom is -0.497 e. The van der Waals surface area contributed by atoms with E-state index in [1.165, 1.54) is 20.1 Å². The van der Waals surface area contributed by atoms with Crippen molar-refractivity contribution in [3.05, 3.63) is 65.0 Å². The van der Waals surface area contributed by atoms with Crippen LogP contribution >= 0.6 is 0 Å². The Morgan fingerprint density at radius 2 is 1.91 bits per heavy atom. The van der Waals surface area contributed by atoms with Crippen molar-refractivity contribution >= 4 is 33.8 Å². The molecule has 174 valence electrons. The van der Waals surface area contributed by atoms with Crippen LogP contribution in [0.2, 0.25) is 0 Å². The Bertz CT molecular complexity index is 1280. The summed E-state index contributed by atoms with van der Waals surface area (Å²) in [5.41, 5.74) is 2.32. The van der Waals surface area contributed by atoms with Crippen LogP contribution in [0.15, 0.2) is 51.9 Å². The van der Waals surface area contributed by atoms with E-state index in [9.17, 15) is 13.2 Å². The maximum Gasteiger partial charge on any atom is 0.244 e. The first-order valence-corrected chi connectivity index (χ1v) is 11.4. The number of sulfonamides is 1. The lowest BCUT2D eigenvalue weighted by Gasteiger charge is -2.12. The number of methoxy groups -OCH3 is 2. The number of amides is 1. The van der Waals surface area contributed by atoms with Crippen molar-refractivity contribution in [3.8, 4) is 11.5 Å². The lowest BCUT2D eigenvalue weighted by atomic mass is 10.2. The first kappa shape index (κ1) is 24.0. The summed E-state index contributed by atoms with van der Waals surface area (Å²) in [5, 5.41) is 6.53. The van der Waals surface area contributed by atoms with Crippen molar-refractivity contribution in [3.63, 3.8) is 0 Å². The summed E-state index contributed by atoms with van der Waals surface area (Å²) in [5.74, 6) is 0.937. The Morgan fingerprint density at radius 1 is 1.12 bits per heavy atom. The molecule has 10 heteroatoms. The van der Waals surface area contributed by atoms with Crippen LogP contribution in [-0.4, -0.2) is 33.7 Å². The first-order chi connectivity index (χ1) is 15.7. The Hall–Kier alpha value is -3.63. The zero-order valence-electron chi connectivity index (χ0n) is 18.7. The van der Waals surface area contributed by atoms with Crippen LogP contribution < -0.4 is 19.5 Å². The number of rotatable bonds is 9. The number of benzene rings is 2. The van der Waals surface area contributed by atoms with Crippen molar-refractivity contribution in [2.45, 2.75) is 25.3 Å². The number of aryl methyl sites for hydroxylation is 1. The fraction of sp³-hybridized carbons (Fsp3) is 0.217. The van der Waals surface area contributed by atoms with Crippen molar-refractivity contribution in [2.75, 3.05) is 19.5 Å². The number of aromatic nitrogens is 1. The average molecular weight is 472 g/mol. The Labute approximate surface area is 192 Å². The zero-order chi connectivity index (χ0) is 24.0. The molecule has 0 unspecified atom stereocenters. The monoisotopic (exact) mass is 471 g/mol. The third-order valence-electron chi connectivity index (χ3n) is 4.69. The van der Waals surface area contributed by atoms with E-state index in [4.69, 9.17) is 14.0 Å². The van der Waals surface area contributed by atoms with Crippen LogP contribution in [-0.2, 0) is 21.4 Å². The van der Waals surface area contributed by atoms with Gasteiger partial charge in [0.05, 0.1) is 14.2 Å². The van der Waals surface area contributed by atoms with Gasteiger partial charge in [-0.05, 0) is 48.4 Å². The molecule has 3 aromatic rings. The summed E-state index contributed by atoms with van der Waals surface area (Å²) >= 11 is 0. The van der Waals surface area contributed by atoms with Gasteiger partial charge in [-0.1, -0.05) is 29.4 Å². The van der Waals surface area contributed by atoms with Gasteiger partial charge < -0.3 is 19.3 Å². The predicted octanol–water partition coefficient (Wildman–Crippen LogP) is 3.61. The smallest absolute Gasteiger partial charge is 0.244 e. The predicted molar refractivity (Wildman–Crippen MR) is 124 cm³/mol. The molecule has 2 aromatic carbocycles. The second-order valence-electron chi connectivity index (χ2n) is 7.11. The second-order valence-corrected chi connectivity index (χ2v) is 8.84. The van der Waals surface area contributed by atoms with Gasteiger partial charge in [0, 0.05) is 13.5 Å². The topological polar surface area (TPSA) is 120 Å². The van der Waals surface area contributed by atoms with Gasteiger partial charge in [0.2, 0.25) is 15.9 Å². The fourth-order valence-corrected chi connectivity index (χ4v) is 4.27. The quantitative estimate of drug-likeness (QED) is 0.489. The summed E-state index contributed by atoms with van der Waals surface area (Å²) in [7, 11) is -0.935. The number of anilines is 1. The van der Waals surface area contributed by atoms with E-state index in [1.807, 2.05) is 0 Å². The molecule has 3 rings (SSSR count). The highest BCUT2D eigenvalue weighted by Crippen LogP contribution is 2.27. The zero-order valence-corrected chi connectivity index (χ0v) is 19.5. The number of hydrogen-bond donors (Lipinski definition) is 2. The van der Waals surface area contributed by atoms with Gasteiger partial charge in [-0.2, -0.15) is 0 Å². The fourth-order valence-electron chi connectivity index (χ4n) is 3.05. The molecule has 0 aliphatic rings. The summed E-state index contributed by atoms with van der Waals surface area (Å²) < 4.78 is 44.3. The van der Waals surface area contributed by atoms with Crippen LogP contribution in [0.5, 0.6) is 11.5 Å². The molecule has 0 saturated carbocycles. The minimum atomic E-state index is -3.89. The first-order valence-electron chi connectivity index (χ1n) is 9.96. The van der Waals surface area contributed by atoms with Gasteiger partial charge in [0.25, 0.3) is 0 Å². The summed E-state index contributed by atoms with van der Waals surface area (Å²) in [6, 6.07) is 11.9. The Balaban J connectivity index is 1.86. The lowest BCUT2D eigenvalue weighted by molar-refractivity contribution is -0.114. The van der Waals surface area contributed by atoms with Gasteiger partial charge in [0.15, 0.2) is 5.76 Å². The lowest BCUT2D eigenvalue weighted by Crippen LogP contribution is -2.23. The molecule has 0 atom stereocenters.